The number of nitrogens with zero attached hydrogens (tertiary/aromatic N) is 3. The van der Waals surface area contributed by atoms with Crippen LogP contribution in [-0.2, 0) is 13.2 Å². The number of para-hydroxylation sites is 1. The van der Waals surface area contributed by atoms with Crippen LogP contribution in [0.3, 0.4) is 0 Å². The number of ether oxygens (including phenoxy) is 1. The van der Waals surface area contributed by atoms with Crippen molar-refractivity contribution < 1.29 is 14.1 Å². The summed E-state index contributed by atoms with van der Waals surface area (Å²) in [6, 6.07) is 20.9. The summed E-state index contributed by atoms with van der Waals surface area (Å²) in [7, 11) is 1.70. The number of thiophene rings is 1. The molecular formula is C22H19N3O3S. The van der Waals surface area contributed by atoms with Crippen LogP contribution in [0.5, 0.6) is 5.75 Å². The molecule has 0 atom stereocenters. The van der Waals surface area contributed by atoms with E-state index in [0.717, 1.165) is 10.4 Å². The van der Waals surface area contributed by atoms with Crippen LogP contribution in [0.2, 0.25) is 0 Å². The molecule has 2 aromatic carbocycles. The van der Waals surface area contributed by atoms with Gasteiger partial charge in [-0.2, -0.15) is 4.98 Å². The van der Waals surface area contributed by atoms with Crippen LogP contribution in [0, 0.1) is 0 Å². The van der Waals surface area contributed by atoms with E-state index in [4.69, 9.17) is 9.26 Å². The van der Waals surface area contributed by atoms with Gasteiger partial charge in [-0.3, -0.25) is 4.79 Å². The Morgan fingerprint density at radius 2 is 1.86 bits per heavy atom. The van der Waals surface area contributed by atoms with E-state index in [1.54, 1.807) is 19.2 Å². The Labute approximate surface area is 172 Å². The number of amides is 1. The molecule has 2 heterocycles. The largest absolute Gasteiger partial charge is 0.488 e. The van der Waals surface area contributed by atoms with E-state index in [-0.39, 0.29) is 12.5 Å². The topological polar surface area (TPSA) is 68.5 Å². The summed E-state index contributed by atoms with van der Waals surface area (Å²) >= 11 is 1.53. The molecule has 0 saturated carbocycles. The maximum Gasteiger partial charge on any atom is 0.257 e. The van der Waals surface area contributed by atoms with E-state index in [1.807, 2.05) is 60.0 Å². The smallest absolute Gasteiger partial charge is 0.257 e. The first-order valence-electron chi connectivity index (χ1n) is 9.08. The van der Waals surface area contributed by atoms with Gasteiger partial charge >= 0.3 is 0 Å². The van der Waals surface area contributed by atoms with Crippen LogP contribution >= 0.6 is 11.3 Å². The third-order valence-electron chi connectivity index (χ3n) is 4.28. The lowest BCUT2D eigenvalue weighted by atomic mass is 10.1. The van der Waals surface area contributed by atoms with Crippen molar-refractivity contribution in [3.05, 3.63) is 89.1 Å². The van der Waals surface area contributed by atoms with Crippen LogP contribution in [0.15, 0.2) is 76.6 Å². The molecule has 1 amide bonds. The Kier molecular flexibility index (Phi) is 5.67. The van der Waals surface area contributed by atoms with Gasteiger partial charge in [-0.1, -0.05) is 53.7 Å². The normalized spacial score (nSPS) is 10.7. The number of rotatable bonds is 7. The van der Waals surface area contributed by atoms with Crippen molar-refractivity contribution >= 4 is 17.2 Å². The molecule has 0 unspecified atom stereocenters. The van der Waals surface area contributed by atoms with Crippen molar-refractivity contribution in [2.45, 2.75) is 13.2 Å². The molecule has 0 aliphatic heterocycles. The predicted octanol–water partition coefficient (Wildman–Crippen LogP) is 4.65. The molecule has 0 fully saturated rings. The molecule has 4 aromatic rings. The molecule has 0 radical (unpaired) electrons. The number of carbonyl (C=O) groups excluding carboxylic acids is 1. The summed E-state index contributed by atoms with van der Waals surface area (Å²) in [5.41, 5.74) is 1.53. The highest BCUT2D eigenvalue weighted by atomic mass is 32.1. The van der Waals surface area contributed by atoms with Gasteiger partial charge in [0.15, 0.2) is 0 Å². The van der Waals surface area contributed by atoms with E-state index in [0.29, 0.717) is 29.6 Å². The first-order valence-corrected chi connectivity index (χ1v) is 9.96. The third kappa shape index (κ3) is 4.52. The Balaban J connectivity index is 1.45. The Morgan fingerprint density at radius 1 is 1.07 bits per heavy atom. The summed E-state index contributed by atoms with van der Waals surface area (Å²) in [4.78, 5) is 19.8. The van der Waals surface area contributed by atoms with Crippen molar-refractivity contribution in [1.82, 2.24) is 15.0 Å². The van der Waals surface area contributed by atoms with Crippen LogP contribution in [-0.4, -0.2) is 28.0 Å². The Bertz CT molecular complexity index is 1080. The fourth-order valence-corrected chi connectivity index (χ4v) is 3.46. The fraction of sp³-hybridized carbons (Fsp3) is 0.136. The number of benzene rings is 2. The summed E-state index contributed by atoms with van der Waals surface area (Å²) in [5.74, 6) is 1.27. The molecule has 6 nitrogen and oxygen atoms in total. The van der Waals surface area contributed by atoms with Crippen molar-refractivity contribution in [2.24, 2.45) is 0 Å². The zero-order valence-electron chi connectivity index (χ0n) is 15.8. The van der Waals surface area contributed by atoms with Gasteiger partial charge < -0.3 is 14.2 Å². The molecule has 0 N–H and O–H groups in total. The first kappa shape index (κ1) is 18.9. The van der Waals surface area contributed by atoms with Gasteiger partial charge in [0, 0.05) is 7.05 Å². The van der Waals surface area contributed by atoms with Gasteiger partial charge in [0.1, 0.15) is 18.9 Å². The van der Waals surface area contributed by atoms with E-state index < -0.39 is 0 Å². The van der Waals surface area contributed by atoms with Crippen LogP contribution in [0.1, 0.15) is 21.8 Å². The molecule has 4 rings (SSSR count). The number of aromatic nitrogens is 2. The van der Waals surface area contributed by atoms with Crippen LogP contribution < -0.4 is 4.74 Å². The maximum atomic E-state index is 13.0. The average Bonchev–Trinajstić information content (AvgIpc) is 3.44. The molecule has 2 aromatic heterocycles. The molecule has 0 aliphatic carbocycles. The number of hydrogen-bond donors (Lipinski definition) is 0. The van der Waals surface area contributed by atoms with Crippen molar-refractivity contribution in [3.8, 4) is 16.5 Å². The van der Waals surface area contributed by atoms with Crippen molar-refractivity contribution in [3.63, 3.8) is 0 Å². The minimum absolute atomic E-state index is 0.176. The van der Waals surface area contributed by atoms with Crippen molar-refractivity contribution in [2.75, 3.05) is 7.05 Å². The van der Waals surface area contributed by atoms with E-state index >= 15 is 0 Å². The second-order valence-corrected chi connectivity index (χ2v) is 7.37. The summed E-state index contributed by atoms with van der Waals surface area (Å²) in [6.45, 7) is 0.604. The second-order valence-electron chi connectivity index (χ2n) is 6.42. The monoisotopic (exact) mass is 405 g/mol. The van der Waals surface area contributed by atoms with Gasteiger partial charge in [0.25, 0.3) is 5.91 Å². The highest BCUT2D eigenvalue weighted by Crippen LogP contribution is 2.23. The average molecular weight is 405 g/mol. The molecule has 146 valence electrons. The maximum absolute atomic E-state index is 13.0. The SMILES string of the molecule is CN(Cc1nc(-c2cccs2)no1)C(=O)c1ccccc1OCc1ccccc1. The highest BCUT2D eigenvalue weighted by Gasteiger charge is 2.19. The first-order chi connectivity index (χ1) is 14.2. The molecule has 0 bridgehead atoms. The Hall–Kier alpha value is -3.45. The van der Waals surface area contributed by atoms with Crippen LogP contribution in [0.25, 0.3) is 10.7 Å². The highest BCUT2D eigenvalue weighted by molar-refractivity contribution is 7.13. The lowest BCUT2D eigenvalue weighted by Crippen LogP contribution is -2.26. The third-order valence-corrected chi connectivity index (χ3v) is 5.15. The quantitative estimate of drug-likeness (QED) is 0.448. The molecule has 0 saturated heterocycles. The fourth-order valence-electron chi connectivity index (χ4n) is 2.81. The zero-order valence-corrected chi connectivity index (χ0v) is 16.6. The molecule has 0 spiro atoms. The van der Waals surface area contributed by atoms with Crippen LogP contribution in [0.4, 0.5) is 0 Å². The van der Waals surface area contributed by atoms with Crippen molar-refractivity contribution in [1.29, 1.82) is 0 Å². The van der Waals surface area contributed by atoms with Gasteiger partial charge in [0.05, 0.1) is 10.4 Å². The van der Waals surface area contributed by atoms with E-state index in [1.165, 1.54) is 16.2 Å². The number of carbonyl (C=O) groups is 1. The van der Waals surface area contributed by atoms with Gasteiger partial charge in [-0.15, -0.1) is 11.3 Å². The number of hydrogen-bond acceptors (Lipinski definition) is 6. The van der Waals surface area contributed by atoms with Gasteiger partial charge in [0.2, 0.25) is 11.7 Å². The molecule has 7 heteroatoms. The molecule has 29 heavy (non-hydrogen) atoms. The zero-order chi connectivity index (χ0) is 20.1. The summed E-state index contributed by atoms with van der Waals surface area (Å²) in [6.07, 6.45) is 0. The lowest BCUT2D eigenvalue weighted by Gasteiger charge is -2.17. The molecule has 0 aliphatic rings. The van der Waals surface area contributed by atoms with Gasteiger partial charge in [-0.05, 0) is 29.1 Å². The summed E-state index contributed by atoms with van der Waals surface area (Å²) < 4.78 is 11.2. The Morgan fingerprint density at radius 3 is 2.66 bits per heavy atom. The van der Waals surface area contributed by atoms with E-state index in [2.05, 4.69) is 10.1 Å². The molecular weight excluding hydrogens is 386 g/mol. The summed E-state index contributed by atoms with van der Waals surface area (Å²) in [5, 5.41) is 5.94. The minimum Gasteiger partial charge on any atom is -0.488 e. The second kappa shape index (κ2) is 8.70. The predicted molar refractivity (Wildman–Crippen MR) is 111 cm³/mol. The lowest BCUT2D eigenvalue weighted by molar-refractivity contribution is 0.0764. The standard InChI is InChI=1S/C22H19N3O3S/c1-25(14-20-23-21(24-28-20)19-12-7-13-29-19)22(26)17-10-5-6-11-18(17)27-15-16-8-3-2-4-9-16/h2-13H,14-15H2,1H3. The minimum atomic E-state index is -0.176. The van der Waals surface area contributed by atoms with E-state index in [9.17, 15) is 4.79 Å². The van der Waals surface area contributed by atoms with Gasteiger partial charge in [-0.25, -0.2) is 0 Å².